The lowest BCUT2D eigenvalue weighted by molar-refractivity contribution is -0.138. The second kappa shape index (κ2) is 6.06. The Hall–Kier alpha value is -1.92. The number of amides is 2. The van der Waals surface area contributed by atoms with Crippen molar-refractivity contribution < 1.29 is 9.59 Å². The first-order valence-electron chi connectivity index (χ1n) is 7.65. The molecule has 1 aromatic heterocycles. The smallest absolute Gasteiger partial charge is 0.226 e. The summed E-state index contributed by atoms with van der Waals surface area (Å²) in [7, 11) is 1.65. The Morgan fingerprint density at radius 3 is 2.68 bits per heavy atom. The Kier molecular flexibility index (Phi) is 4.53. The van der Waals surface area contributed by atoms with Crippen LogP contribution in [0.3, 0.4) is 0 Å². The second-order valence-electron chi connectivity index (χ2n) is 6.67. The van der Waals surface area contributed by atoms with Crippen molar-refractivity contribution in [3.63, 3.8) is 0 Å². The molecular formula is C15H25N5O2. The van der Waals surface area contributed by atoms with Crippen LogP contribution < -0.4 is 10.6 Å². The topological polar surface area (TPSA) is 88.9 Å². The summed E-state index contributed by atoms with van der Waals surface area (Å²) in [6, 6.07) is 0. The third-order valence-electron chi connectivity index (χ3n) is 5.38. The lowest BCUT2D eigenvalue weighted by atomic mass is 9.65. The monoisotopic (exact) mass is 307 g/mol. The van der Waals surface area contributed by atoms with Gasteiger partial charge < -0.3 is 10.6 Å². The van der Waals surface area contributed by atoms with Gasteiger partial charge in [-0.3, -0.25) is 14.3 Å². The van der Waals surface area contributed by atoms with Gasteiger partial charge in [0.15, 0.2) is 0 Å². The zero-order chi connectivity index (χ0) is 16.4. The molecule has 0 aliphatic heterocycles. The zero-order valence-corrected chi connectivity index (χ0v) is 13.7. The fourth-order valence-electron chi connectivity index (χ4n) is 3.37. The molecular weight excluding hydrogens is 282 g/mol. The summed E-state index contributed by atoms with van der Waals surface area (Å²) in [4.78, 5) is 28.6. The standard InChI is InChI=1S/C15H25N5O2/c1-14(2)11(12(21)16-4)5-6-15(14,3)13(22)18-7-8-20-10-17-9-19-20/h9-11H,5-8H2,1-4H3,(H,16,21)(H,18,22)/t11-,15+/m0/s1. The van der Waals surface area contributed by atoms with Gasteiger partial charge in [0.05, 0.1) is 12.0 Å². The maximum atomic E-state index is 12.7. The van der Waals surface area contributed by atoms with E-state index in [1.807, 2.05) is 20.8 Å². The predicted molar refractivity (Wildman–Crippen MR) is 81.7 cm³/mol. The van der Waals surface area contributed by atoms with Crippen molar-refractivity contribution in [2.75, 3.05) is 13.6 Å². The average molecular weight is 307 g/mol. The molecule has 1 heterocycles. The Morgan fingerprint density at radius 1 is 1.36 bits per heavy atom. The Bertz CT molecular complexity index is 540. The van der Waals surface area contributed by atoms with Gasteiger partial charge in [0, 0.05) is 19.5 Å². The summed E-state index contributed by atoms with van der Waals surface area (Å²) in [5, 5.41) is 9.69. The fraction of sp³-hybridized carbons (Fsp3) is 0.733. The number of nitrogens with zero attached hydrogens (tertiary/aromatic N) is 3. The fourth-order valence-corrected chi connectivity index (χ4v) is 3.37. The quantitative estimate of drug-likeness (QED) is 0.833. The minimum Gasteiger partial charge on any atom is -0.359 e. The highest BCUT2D eigenvalue weighted by molar-refractivity contribution is 5.87. The first kappa shape index (κ1) is 16.5. The molecule has 22 heavy (non-hydrogen) atoms. The Labute approximate surface area is 130 Å². The summed E-state index contributed by atoms with van der Waals surface area (Å²) in [5.74, 6) is -0.114. The van der Waals surface area contributed by atoms with Gasteiger partial charge in [0.25, 0.3) is 0 Å². The molecule has 122 valence electrons. The highest BCUT2D eigenvalue weighted by Crippen LogP contribution is 2.56. The molecule has 1 aliphatic carbocycles. The molecule has 2 amide bonds. The highest BCUT2D eigenvalue weighted by atomic mass is 16.2. The minimum absolute atomic E-state index is 0.00372. The van der Waals surface area contributed by atoms with E-state index in [1.165, 1.54) is 6.33 Å². The highest BCUT2D eigenvalue weighted by Gasteiger charge is 2.57. The molecule has 1 saturated carbocycles. The number of nitrogens with one attached hydrogen (secondary N) is 2. The molecule has 1 aliphatic rings. The Balaban J connectivity index is 2.00. The number of hydrogen-bond donors (Lipinski definition) is 2. The largest absolute Gasteiger partial charge is 0.359 e. The summed E-state index contributed by atoms with van der Waals surface area (Å²) < 4.78 is 1.68. The van der Waals surface area contributed by atoms with Crippen molar-refractivity contribution in [1.29, 1.82) is 0 Å². The van der Waals surface area contributed by atoms with Gasteiger partial charge in [-0.2, -0.15) is 5.10 Å². The van der Waals surface area contributed by atoms with Gasteiger partial charge in [0.2, 0.25) is 11.8 Å². The van der Waals surface area contributed by atoms with Crippen molar-refractivity contribution in [2.45, 2.75) is 40.2 Å². The van der Waals surface area contributed by atoms with Gasteiger partial charge in [-0.05, 0) is 18.3 Å². The van der Waals surface area contributed by atoms with E-state index >= 15 is 0 Å². The zero-order valence-electron chi connectivity index (χ0n) is 13.7. The lowest BCUT2D eigenvalue weighted by Crippen LogP contribution is -2.49. The molecule has 2 N–H and O–H groups in total. The average Bonchev–Trinajstić information content (AvgIpc) is 3.06. The van der Waals surface area contributed by atoms with Crippen molar-refractivity contribution in [2.24, 2.45) is 16.7 Å². The van der Waals surface area contributed by atoms with Crippen LogP contribution >= 0.6 is 0 Å². The number of carbonyl (C=O) groups is 2. The summed E-state index contributed by atoms with van der Waals surface area (Å²) in [5.41, 5.74) is -0.934. The molecule has 1 fully saturated rings. The van der Waals surface area contributed by atoms with Crippen LogP contribution in [0.25, 0.3) is 0 Å². The van der Waals surface area contributed by atoms with E-state index in [0.717, 1.165) is 6.42 Å². The van der Waals surface area contributed by atoms with Crippen molar-refractivity contribution in [3.8, 4) is 0 Å². The van der Waals surface area contributed by atoms with Gasteiger partial charge in [-0.1, -0.05) is 20.8 Å². The summed E-state index contributed by atoms with van der Waals surface area (Å²) in [6.07, 6.45) is 4.54. The first-order valence-corrected chi connectivity index (χ1v) is 7.65. The summed E-state index contributed by atoms with van der Waals surface area (Å²) >= 11 is 0. The van der Waals surface area contributed by atoms with Crippen LogP contribution in [0.2, 0.25) is 0 Å². The molecule has 0 spiro atoms. The van der Waals surface area contributed by atoms with Crippen molar-refractivity contribution >= 4 is 11.8 Å². The minimum atomic E-state index is -0.549. The molecule has 0 aromatic carbocycles. The van der Waals surface area contributed by atoms with Crippen LogP contribution in [0.1, 0.15) is 33.6 Å². The van der Waals surface area contributed by atoms with Crippen LogP contribution in [-0.2, 0) is 16.1 Å². The van der Waals surface area contributed by atoms with Crippen LogP contribution in [0.15, 0.2) is 12.7 Å². The molecule has 0 bridgehead atoms. The molecule has 0 unspecified atom stereocenters. The Morgan fingerprint density at radius 2 is 2.09 bits per heavy atom. The van der Waals surface area contributed by atoms with E-state index in [2.05, 4.69) is 20.7 Å². The molecule has 0 saturated heterocycles. The van der Waals surface area contributed by atoms with Crippen LogP contribution in [0.5, 0.6) is 0 Å². The molecule has 0 radical (unpaired) electrons. The van der Waals surface area contributed by atoms with Crippen LogP contribution in [0, 0.1) is 16.7 Å². The maximum Gasteiger partial charge on any atom is 0.226 e. The van der Waals surface area contributed by atoms with Crippen molar-refractivity contribution in [1.82, 2.24) is 25.4 Å². The van der Waals surface area contributed by atoms with Crippen molar-refractivity contribution in [3.05, 3.63) is 12.7 Å². The third-order valence-corrected chi connectivity index (χ3v) is 5.38. The molecule has 7 nitrogen and oxygen atoms in total. The lowest BCUT2D eigenvalue weighted by Gasteiger charge is -2.39. The first-order chi connectivity index (χ1) is 10.3. The number of rotatable bonds is 5. The van der Waals surface area contributed by atoms with Crippen LogP contribution in [-0.4, -0.2) is 40.2 Å². The van der Waals surface area contributed by atoms with E-state index in [4.69, 9.17) is 0 Å². The van der Waals surface area contributed by atoms with E-state index in [0.29, 0.717) is 19.5 Å². The van der Waals surface area contributed by atoms with E-state index in [1.54, 1.807) is 18.1 Å². The molecule has 2 atom stereocenters. The number of carbonyl (C=O) groups excluding carboxylic acids is 2. The number of hydrogen-bond acceptors (Lipinski definition) is 4. The van der Waals surface area contributed by atoms with Gasteiger partial charge >= 0.3 is 0 Å². The number of aromatic nitrogens is 3. The maximum absolute atomic E-state index is 12.7. The van der Waals surface area contributed by atoms with Gasteiger partial charge in [-0.15, -0.1) is 0 Å². The van der Waals surface area contributed by atoms with E-state index in [-0.39, 0.29) is 23.1 Å². The van der Waals surface area contributed by atoms with Crippen LogP contribution in [0.4, 0.5) is 0 Å². The van der Waals surface area contributed by atoms with E-state index in [9.17, 15) is 9.59 Å². The SMILES string of the molecule is CNC(=O)[C@@H]1CC[C@](C)(C(=O)NCCn2cncn2)C1(C)C. The van der Waals surface area contributed by atoms with Gasteiger partial charge in [0.1, 0.15) is 12.7 Å². The normalized spacial score (nSPS) is 26.6. The summed E-state index contributed by atoms with van der Waals surface area (Å²) in [6.45, 7) is 7.06. The van der Waals surface area contributed by atoms with E-state index < -0.39 is 5.41 Å². The molecule has 2 rings (SSSR count). The molecule has 7 heteroatoms. The second-order valence-corrected chi connectivity index (χ2v) is 6.67. The third kappa shape index (κ3) is 2.71. The predicted octanol–water partition coefficient (Wildman–Crippen LogP) is 0.583. The van der Waals surface area contributed by atoms with Gasteiger partial charge in [-0.25, -0.2) is 4.98 Å². The molecule has 1 aromatic rings.